The van der Waals surface area contributed by atoms with Gasteiger partial charge in [-0.1, -0.05) is 24.6 Å². The fourth-order valence-corrected chi connectivity index (χ4v) is 6.30. The lowest BCUT2D eigenvalue weighted by Crippen LogP contribution is -2.51. The third-order valence-electron chi connectivity index (χ3n) is 8.53. The van der Waals surface area contributed by atoms with Crippen LogP contribution in [-0.2, 0) is 16.0 Å². The van der Waals surface area contributed by atoms with Crippen molar-refractivity contribution < 1.29 is 14.3 Å². The van der Waals surface area contributed by atoms with Crippen molar-refractivity contribution in [2.24, 2.45) is 5.41 Å². The van der Waals surface area contributed by atoms with Gasteiger partial charge in [0.15, 0.2) is 0 Å². The molecule has 0 radical (unpaired) electrons. The zero-order valence-electron chi connectivity index (χ0n) is 22.7. The number of aromatic nitrogens is 2. The summed E-state index contributed by atoms with van der Waals surface area (Å²) in [5.74, 6) is 1.31. The summed E-state index contributed by atoms with van der Waals surface area (Å²) in [4.78, 5) is 39.9. The Kier molecular flexibility index (Phi) is 8.57. The van der Waals surface area contributed by atoms with Crippen LogP contribution >= 0.6 is 0 Å². The molecule has 1 atom stereocenters. The fourth-order valence-electron chi connectivity index (χ4n) is 6.30. The zero-order valence-corrected chi connectivity index (χ0v) is 22.7. The maximum Gasteiger partial charge on any atom is 0.237 e. The first-order valence-corrected chi connectivity index (χ1v) is 14.3. The molecule has 2 aromatic rings. The molecule has 2 fully saturated rings. The molecule has 8 heteroatoms. The van der Waals surface area contributed by atoms with Gasteiger partial charge in [0, 0.05) is 19.3 Å². The molecule has 8 nitrogen and oxygen atoms in total. The molecule has 1 N–H and O–H groups in total. The number of carbonyl (C=O) groups excluding carboxylic acids is 2. The average Bonchev–Trinajstić information content (AvgIpc) is 3.43. The molecule has 2 saturated heterocycles. The van der Waals surface area contributed by atoms with E-state index in [4.69, 9.17) is 4.74 Å². The van der Waals surface area contributed by atoms with Crippen molar-refractivity contribution >= 4 is 11.8 Å². The summed E-state index contributed by atoms with van der Waals surface area (Å²) in [7, 11) is 0. The highest BCUT2D eigenvalue weighted by atomic mass is 16.5. The molecule has 5 rings (SSSR count). The molecule has 4 heterocycles. The lowest BCUT2D eigenvalue weighted by Gasteiger charge is -2.41. The van der Waals surface area contributed by atoms with Crippen molar-refractivity contribution in [3.63, 3.8) is 0 Å². The van der Waals surface area contributed by atoms with Gasteiger partial charge in [-0.2, -0.15) is 0 Å². The molecule has 3 aliphatic rings. The van der Waals surface area contributed by atoms with E-state index in [2.05, 4.69) is 32.3 Å². The number of amides is 2. The molecule has 1 aromatic heterocycles. The van der Waals surface area contributed by atoms with E-state index in [1.165, 1.54) is 5.56 Å². The molecule has 3 aliphatic heterocycles. The number of hydrogen-bond acceptors (Lipinski definition) is 6. The molecule has 1 unspecified atom stereocenters. The van der Waals surface area contributed by atoms with Crippen LogP contribution in [0.2, 0.25) is 0 Å². The van der Waals surface area contributed by atoms with Crippen LogP contribution in [0.5, 0.6) is 5.75 Å². The molecule has 0 aliphatic carbocycles. The van der Waals surface area contributed by atoms with E-state index in [9.17, 15) is 9.59 Å². The summed E-state index contributed by atoms with van der Waals surface area (Å²) >= 11 is 0. The zero-order chi connectivity index (χ0) is 26.4. The van der Waals surface area contributed by atoms with Crippen LogP contribution in [0.25, 0.3) is 0 Å². The number of nitrogens with zero attached hydrogens (tertiary/aromatic N) is 4. The lowest BCUT2D eigenvalue weighted by atomic mass is 9.73. The van der Waals surface area contributed by atoms with Gasteiger partial charge < -0.3 is 15.0 Å². The van der Waals surface area contributed by atoms with Crippen molar-refractivity contribution in [2.75, 3.05) is 39.3 Å². The minimum atomic E-state index is -0.346. The summed E-state index contributed by atoms with van der Waals surface area (Å²) in [6, 6.07) is 8.31. The quantitative estimate of drug-likeness (QED) is 0.663. The topological polar surface area (TPSA) is 87.7 Å². The predicted molar refractivity (Wildman–Crippen MR) is 146 cm³/mol. The van der Waals surface area contributed by atoms with Gasteiger partial charge >= 0.3 is 0 Å². The van der Waals surface area contributed by atoms with Crippen LogP contribution in [0, 0.1) is 12.3 Å². The van der Waals surface area contributed by atoms with E-state index in [-0.39, 0.29) is 23.3 Å². The molecule has 1 aromatic carbocycles. The summed E-state index contributed by atoms with van der Waals surface area (Å²) in [6.45, 7) is 5.89. The summed E-state index contributed by atoms with van der Waals surface area (Å²) in [5, 5.41) is 3.21. The van der Waals surface area contributed by atoms with Gasteiger partial charge in [-0.25, -0.2) is 0 Å². The summed E-state index contributed by atoms with van der Waals surface area (Å²) in [6.07, 6.45) is 11.8. The van der Waals surface area contributed by atoms with Crippen molar-refractivity contribution in [3.8, 4) is 5.75 Å². The molecule has 0 bridgehead atoms. The monoisotopic (exact) mass is 519 g/mol. The van der Waals surface area contributed by atoms with Crippen molar-refractivity contribution in [1.29, 1.82) is 0 Å². The molecule has 0 saturated carbocycles. The van der Waals surface area contributed by atoms with Crippen molar-refractivity contribution in [3.05, 3.63) is 53.6 Å². The Morgan fingerprint density at radius 3 is 2.76 bits per heavy atom. The number of carbonyl (C=O) groups is 2. The molecular weight excluding hydrogens is 478 g/mol. The third-order valence-corrected chi connectivity index (χ3v) is 8.53. The van der Waals surface area contributed by atoms with Gasteiger partial charge in [-0.05, 0) is 83.0 Å². The highest BCUT2D eigenvalue weighted by Crippen LogP contribution is 2.38. The first kappa shape index (κ1) is 26.6. The van der Waals surface area contributed by atoms with E-state index in [1.54, 1.807) is 12.4 Å². The standard InChI is InChI=1S/C30H41N5O3/c1-23-20-31-21-25(33-23)26-10-6-16-35(26)28(36)22-34-17-13-30(14-18-34)12-5-4-9-24-8-2-3-11-27(24)38-19-7-15-32-29(30)37/h2-3,8,11,20-21,26H,4-7,9-10,12-19,22H2,1H3,(H,32,37). The van der Waals surface area contributed by atoms with Crippen LogP contribution < -0.4 is 10.1 Å². The summed E-state index contributed by atoms with van der Waals surface area (Å²) in [5.41, 5.74) is 2.68. The number of nitrogens with one attached hydrogen (secondary N) is 1. The Labute approximate surface area is 226 Å². The average molecular weight is 520 g/mol. The normalized spacial score (nSPS) is 22.9. The molecule has 2 amide bonds. The van der Waals surface area contributed by atoms with Crippen LogP contribution in [-0.4, -0.2) is 70.9 Å². The number of rotatable bonds is 3. The Balaban J connectivity index is 1.18. The van der Waals surface area contributed by atoms with Crippen LogP contribution in [0.1, 0.15) is 74.4 Å². The number of piperidine rings is 1. The maximum absolute atomic E-state index is 13.4. The number of ether oxygens (including phenoxy) is 1. The third kappa shape index (κ3) is 6.17. The Morgan fingerprint density at radius 1 is 1.08 bits per heavy atom. The molecular formula is C30H41N5O3. The van der Waals surface area contributed by atoms with Gasteiger partial charge in [-0.15, -0.1) is 0 Å². The van der Waals surface area contributed by atoms with Crippen molar-refractivity contribution in [1.82, 2.24) is 25.1 Å². The lowest BCUT2D eigenvalue weighted by molar-refractivity contribution is -0.137. The fraction of sp³-hybridized carbons (Fsp3) is 0.600. The number of para-hydroxylation sites is 1. The van der Waals surface area contributed by atoms with E-state index in [0.717, 1.165) is 94.6 Å². The highest BCUT2D eigenvalue weighted by Gasteiger charge is 2.41. The van der Waals surface area contributed by atoms with E-state index in [1.807, 2.05) is 24.0 Å². The number of aryl methyl sites for hydroxylation is 2. The highest BCUT2D eigenvalue weighted by molar-refractivity contribution is 5.83. The predicted octanol–water partition coefficient (Wildman–Crippen LogP) is 3.84. The van der Waals surface area contributed by atoms with Crippen LogP contribution in [0.3, 0.4) is 0 Å². The second-order valence-electron chi connectivity index (χ2n) is 11.2. The maximum atomic E-state index is 13.4. The number of benzene rings is 1. The van der Waals surface area contributed by atoms with E-state index < -0.39 is 0 Å². The molecule has 38 heavy (non-hydrogen) atoms. The molecule has 1 spiro atoms. The summed E-state index contributed by atoms with van der Waals surface area (Å²) < 4.78 is 6.01. The smallest absolute Gasteiger partial charge is 0.237 e. The number of hydrogen-bond donors (Lipinski definition) is 1. The van der Waals surface area contributed by atoms with Crippen molar-refractivity contribution in [2.45, 2.75) is 70.8 Å². The largest absolute Gasteiger partial charge is 0.493 e. The minimum absolute atomic E-state index is 0.0151. The van der Waals surface area contributed by atoms with Crippen LogP contribution in [0.15, 0.2) is 36.7 Å². The van der Waals surface area contributed by atoms with E-state index >= 15 is 0 Å². The first-order chi connectivity index (χ1) is 18.5. The van der Waals surface area contributed by atoms with E-state index in [0.29, 0.717) is 19.7 Å². The van der Waals surface area contributed by atoms with Gasteiger partial charge in [-0.3, -0.25) is 24.5 Å². The minimum Gasteiger partial charge on any atom is -0.493 e. The van der Waals surface area contributed by atoms with Gasteiger partial charge in [0.25, 0.3) is 0 Å². The van der Waals surface area contributed by atoms with Gasteiger partial charge in [0.2, 0.25) is 11.8 Å². The van der Waals surface area contributed by atoms with Gasteiger partial charge in [0.1, 0.15) is 5.75 Å². The first-order valence-electron chi connectivity index (χ1n) is 14.3. The van der Waals surface area contributed by atoms with Gasteiger partial charge in [0.05, 0.1) is 42.2 Å². The number of likely N-dealkylation sites (tertiary alicyclic amines) is 2. The van der Waals surface area contributed by atoms with Crippen LogP contribution in [0.4, 0.5) is 0 Å². The Hall–Kier alpha value is -3.00. The Bertz CT molecular complexity index is 1110. The molecule has 204 valence electrons. The SMILES string of the molecule is Cc1cncc(C2CCCN2C(=O)CN2CCC3(CCCCc4ccccc4OCCCNC3=O)CC2)n1. The Morgan fingerprint density at radius 2 is 1.92 bits per heavy atom. The second-order valence-corrected chi connectivity index (χ2v) is 11.2. The number of fused-ring (bicyclic) bond motifs is 1. The second kappa shape index (κ2) is 12.2.